The van der Waals surface area contributed by atoms with E-state index in [1.807, 2.05) is 13.8 Å². The Labute approximate surface area is 199 Å². The Morgan fingerprint density at radius 1 is 1.18 bits per heavy atom. The van der Waals surface area contributed by atoms with Gasteiger partial charge in [-0.25, -0.2) is 9.59 Å². The average molecular weight is 481 g/mol. The smallest absolute Gasteiger partial charge is 0.413 e. The minimum Gasteiger partial charge on any atom is -0.424 e. The number of benzene rings is 1. The molecule has 2 rings (SSSR count). The quantitative estimate of drug-likeness (QED) is 0.442. The Bertz CT molecular complexity index is 891. The van der Waals surface area contributed by atoms with Crippen molar-refractivity contribution in [2.75, 3.05) is 7.05 Å². The molecular formula is C24H33ClN2O6. The predicted molar refractivity (Wildman–Crippen MR) is 123 cm³/mol. The van der Waals surface area contributed by atoms with Crippen molar-refractivity contribution in [2.24, 2.45) is 5.92 Å². The lowest BCUT2D eigenvalue weighted by atomic mass is 9.74. The minimum atomic E-state index is -1.26. The molecule has 2 amide bonds. The summed E-state index contributed by atoms with van der Waals surface area (Å²) in [4.78, 5) is 51.5. The number of ether oxygens (including phenoxy) is 2. The molecular weight excluding hydrogens is 448 g/mol. The largest absolute Gasteiger partial charge is 0.424 e. The van der Waals surface area contributed by atoms with Gasteiger partial charge in [0.1, 0.15) is 11.6 Å². The molecule has 1 fully saturated rings. The summed E-state index contributed by atoms with van der Waals surface area (Å²) in [5, 5.41) is 2.97. The third-order valence-electron chi connectivity index (χ3n) is 6.19. The van der Waals surface area contributed by atoms with Crippen molar-refractivity contribution in [1.29, 1.82) is 0 Å². The molecule has 1 saturated carbocycles. The molecule has 182 valence electrons. The van der Waals surface area contributed by atoms with Gasteiger partial charge in [-0.2, -0.15) is 0 Å². The number of carbonyl (C=O) groups excluding carboxylic acids is 4. The molecule has 1 N–H and O–H groups in total. The molecule has 0 radical (unpaired) electrons. The molecule has 0 spiro atoms. The van der Waals surface area contributed by atoms with E-state index in [2.05, 4.69) is 5.32 Å². The SMILES string of the molecule is CCC(C)C(NC(C)=O)C(=O)OC(C)OC(=O)N(C)[C@]1(c2ccccc2Cl)CCCCC1=O. The van der Waals surface area contributed by atoms with Crippen LogP contribution in [0.1, 0.15) is 65.4 Å². The van der Waals surface area contributed by atoms with Crippen LogP contribution in [0.3, 0.4) is 0 Å². The van der Waals surface area contributed by atoms with Crippen LogP contribution in [0.25, 0.3) is 0 Å². The molecule has 1 aromatic rings. The van der Waals surface area contributed by atoms with Crippen molar-refractivity contribution in [3.63, 3.8) is 0 Å². The first kappa shape index (κ1) is 26.6. The second kappa shape index (κ2) is 11.5. The lowest BCUT2D eigenvalue weighted by molar-refractivity contribution is -0.172. The molecule has 0 heterocycles. The van der Waals surface area contributed by atoms with Crippen LogP contribution in [-0.4, -0.2) is 48.0 Å². The van der Waals surface area contributed by atoms with E-state index in [4.69, 9.17) is 21.1 Å². The lowest BCUT2D eigenvalue weighted by Crippen LogP contribution is -2.55. The number of rotatable bonds is 8. The van der Waals surface area contributed by atoms with E-state index in [-0.39, 0.29) is 17.6 Å². The topological polar surface area (TPSA) is 102 Å². The molecule has 3 unspecified atom stereocenters. The van der Waals surface area contributed by atoms with Crippen LogP contribution in [0.15, 0.2) is 24.3 Å². The number of carbonyl (C=O) groups is 4. The molecule has 1 aliphatic rings. The zero-order valence-electron chi connectivity index (χ0n) is 19.9. The van der Waals surface area contributed by atoms with Gasteiger partial charge in [0.05, 0.1) is 0 Å². The van der Waals surface area contributed by atoms with E-state index < -0.39 is 29.9 Å². The standard InChI is InChI=1S/C24H33ClN2O6/c1-6-15(2)21(26-16(3)28)22(30)32-17(4)33-23(31)27(5)24(14-10-9-13-20(24)29)18-11-7-8-12-19(18)25/h7-8,11-12,15,17,21H,6,9-10,13-14H2,1-5H3,(H,26,28)/t15?,17?,21?,24-/m0/s1. The molecule has 1 aliphatic carbocycles. The third kappa shape index (κ3) is 6.05. The third-order valence-corrected chi connectivity index (χ3v) is 6.52. The van der Waals surface area contributed by atoms with E-state index in [1.165, 1.54) is 25.8 Å². The van der Waals surface area contributed by atoms with E-state index in [0.717, 1.165) is 12.8 Å². The number of esters is 1. The highest BCUT2D eigenvalue weighted by Crippen LogP contribution is 2.42. The highest BCUT2D eigenvalue weighted by Gasteiger charge is 2.49. The Hall–Kier alpha value is -2.61. The molecule has 0 aromatic heterocycles. The number of nitrogens with zero attached hydrogens (tertiary/aromatic N) is 1. The van der Waals surface area contributed by atoms with Gasteiger partial charge in [-0.05, 0) is 31.2 Å². The summed E-state index contributed by atoms with van der Waals surface area (Å²) in [5.74, 6) is -1.35. The van der Waals surface area contributed by atoms with Crippen molar-refractivity contribution < 1.29 is 28.7 Å². The maximum absolute atomic E-state index is 13.1. The molecule has 1 aromatic carbocycles. The number of ketones is 1. The average Bonchev–Trinajstić information content (AvgIpc) is 2.77. The number of amides is 2. The molecule has 8 nitrogen and oxygen atoms in total. The second-order valence-electron chi connectivity index (χ2n) is 8.48. The van der Waals surface area contributed by atoms with E-state index in [1.54, 1.807) is 24.3 Å². The summed E-state index contributed by atoms with van der Waals surface area (Å²) in [6, 6.07) is 6.09. The van der Waals surface area contributed by atoms with Crippen LogP contribution in [0.4, 0.5) is 4.79 Å². The van der Waals surface area contributed by atoms with Gasteiger partial charge in [-0.3, -0.25) is 14.5 Å². The maximum atomic E-state index is 13.1. The van der Waals surface area contributed by atoms with Crippen molar-refractivity contribution in [3.05, 3.63) is 34.9 Å². The number of likely N-dealkylation sites (N-methyl/N-ethyl adjacent to an activating group) is 1. The fraction of sp³-hybridized carbons (Fsp3) is 0.583. The number of Topliss-reactive ketones (excluding diaryl/α,β-unsaturated/α-hetero) is 1. The lowest BCUT2D eigenvalue weighted by Gasteiger charge is -2.43. The van der Waals surface area contributed by atoms with E-state index in [0.29, 0.717) is 29.8 Å². The van der Waals surface area contributed by atoms with Crippen molar-refractivity contribution in [1.82, 2.24) is 10.2 Å². The highest BCUT2D eigenvalue weighted by molar-refractivity contribution is 6.31. The molecule has 0 bridgehead atoms. The van der Waals surface area contributed by atoms with Crippen LogP contribution >= 0.6 is 11.6 Å². The molecule has 33 heavy (non-hydrogen) atoms. The summed E-state index contributed by atoms with van der Waals surface area (Å²) < 4.78 is 10.7. The Kier molecular flexibility index (Phi) is 9.28. The first-order chi connectivity index (χ1) is 15.5. The van der Waals surface area contributed by atoms with Gasteiger partial charge in [-0.1, -0.05) is 50.1 Å². The van der Waals surface area contributed by atoms with Gasteiger partial charge in [-0.15, -0.1) is 0 Å². The first-order valence-electron chi connectivity index (χ1n) is 11.2. The fourth-order valence-corrected chi connectivity index (χ4v) is 4.45. The van der Waals surface area contributed by atoms with Gasteiger partial charge in [0.25, 0.3) is 0 Å². The van der Waals surface area contributed by atoms with E-state index >= 15 is 0 Å². The van der Waals surface area contributed by atoms with Crippen LogP contribution in [0.5, 0.6) is 0 Å². The number of hydrogen-bond donors (Lipinski definition) is 1. The van der Waals surface area contributed by atoms with Crippen LogP contribution in [-0.2, 0) is 29.4 Å². The van der Waals surface area contributed by atoms with Crippen molar-refractivity contribution in [3.8, 4) is 0 Å². The highest BCUT2D eigenvalue weighted by atomic mass is 35.5. The Morgan fingerprint density at radius 3 is 2.42 bits per heavy atom. The Morgan fingerprint density at radius 2 is 1.85 bits per heavy atom. The first-order valence-corrected chi connectivity index (χ1v) is 11.6. The summed E-state index contributed by atoms with van der Waals surface area (Å²) in [6.07, 6.45) is 0.808. The van der Waals surface area contributed by atoms with Crippen molar-refractivity contribution in [2.45, 2.75) is 77.7 Å². The zero-order chi connectivity index (χ0) is 24.8. The fourth-order valence-electron chi connectivity index (χ4n) is 4.16. The number of halogens is 1. The summed E-state index contributed by atoms with van der Waals surface area (Å²) in [7, 11) is 1.49. The van der Waals surface area contributed by atoms with E-state index in [9.17, 15) is 19.2 Å². The van der Waals surface area contributed by atoms with Crippen molar-refractivity contribution >= 4 is 35.4 Å². The monoisotopic (exact) mass is 480 g/mol. The number of hydrogen-bond acceptors (Lipinski definition) is 6. The molecule has 0 saturated heterocycles. The Balaban J connectivity index is 2.20. The maximum Gasteiger partial charge on any atom is 0.413 e. The summed E-state index contributed by atoms with van der Waals surface area (Å²) >= 11 is 6.42. The van der Waals surface area contributed by atoms with Gasteiger partial charge < -0.3 is 14.8 Å². The second-order valence-corrected chi connectivity index (χ2v) is 8.89. The normalized spacial score (nSPS) is 20.8. The van der Waals surface area contributed by atoms with Gasteiger partial charge >= 0.3 is 12.1 Å². The molecule has 9 heteroatoms. The minimum absolute atomic E-state index is 0.117. The van der Waals surface area contributed by atoms with Crippen LogP contribution < -0.4 is 5.32 Å². The summed E-state index contributed by atoms with van der Waals surface area (Å²) in [6.45, 7) is 6.43. The molecule has 0 aliphatic heterocycles. The van der Waals surface area contributed by atoms with Gasteiger partial charge in [0.2, 0.25) is 12.2 Å². The zero-order valence-corrected chi connectivity index (χ0v) is 20.6. The van der Waals surface area contributed by atoms with Crippen LogP contribution in [0.2, 0.25) is 5.02 Å². The molecule has 4 atom stereocenters. The summed E-state index contributed by atoms with van der Waals surface area (Å²) in [5.41, 5.74) is -0.713. The van der Waals surface area contributed by atoms with Gasteiger partial charge in [0, 0.05) is 37.9 Å². The predicted octanol–water partition coefficient (Wildman–Crippen LogP) is 4.19. The van der Waals surface area contributed by atoms with Crippen LogP contribution in [0, 0.1) is 5.92 Å². The van der Waals surface area contributed by atoms with Gasteiger partial charge in [0.15, 0.2) is 5.78 Å². The number of nitrogens with one attached hydrogen (secondary N) is 1.